The van der Waals surface area contributed by atoms with Gasteiger partial charge in [-0.25, -0.2) is 9.78 Å². The van der Waals surface area contributed by atoms with Gasteiger partial charge in [0, 0.05) is 38.7 Å². The van der Waals surface area contributed by atoms with Gasteiger partial charge in [-0.2, -0.15) is 8.42 Å². The molecule has 3 fully saturated rings. The van der Waals surface area contributed by atoms with Gasteiger partial charge in [-0.15, -0.1) is 0 Å². The summed E-state index contributed by atoms with van der Waals surface area (Å²) < 4.78 is 46.3. The molecule has 0 saturated heterocycles. The van der Waals surface area contributed by atoms with Crippen molar-refractivity contribution in [3.05, 3.63) is 54.2 Å². The molecule has 2 bridgehead atoms. The predicted octanol–water partition coefficient (Wildman–Crippen LogP) is 4.67. The Morgan fingerprint density at radius 2 is 1.78 bits per heavy atom. The van der Waals surface area contributed by atoms with Gasteiger partial charge in [-0.3, -0.25) is 4.72 Å². The molecular formula is C34H48N2O8S. The molecule has 3 saturated carbocycles. The molecule has 10 nitrogen and oxygen atoms in total. The van der Waals surface area contributed by atoms with Crippen LogP contribution in [0.4, 0.5) is 5.69 Å². The molecule has 0 aliphatic heterocycles. The molecule has 0 spiro atoms. The first-order valence-electron chi connectivity index (χ1n) is 15.9. The quantitative estimate of drug-likeness (QED) is 0.314. The fraction of sp³-hybridized carbons (Fsp3) is 0.647. The summed E-state index contributed by atoms with van der Waals surface area (Å²) in [6, 6.07) is 10.9. The average Bonchev–Trinajstić information content (AvgIpc) is 3.41. The number of sulfonamides is 1. The number of fused-ring (bicyclic) bond motifs is 2. The van der Waals surface area contributed by atoms with Crippen LogP contribution < -0.4 is 4.72 Å². The molecule has 1 aromatic carbocycles. The van der Waals surface area contributed by atoms with E-state index < -0.39 is 39.4 Å². The van der Waals surface area contributed by atoms with Crippen LogP contribution in [-0.4, -0.2) is 73.3 Å². The van der Waals surface area contributed by atoms with E-state index in [1.807, 2.05) is 13.8 Å². The number of esters is 1. The third-order valence-corrected chi connectivity index (χ3v) is 12.8. The summed E-state index contributed by atoms with van der Waals surface area (Å²) in [7, 11) is -0.795. The van der Waals surface area contributed by atoms with E-state index in [-0.39, 0.29) is 57.4 Å². The molecule has 5 rings (SSSR count). The second kappa shape index (κ2) is 12.2. The largest absolute Gasteiger partial charge is 0.459 e. The third-order valence-electron chi connectivity index (χ3n) is 11.6. The predicted molar refractivity (Wildman–Crippen MR) is 169 cm³/mol. The molecule has 4 unspecified atom stereocenters. The van der Waals surface area contributed by atoms with E-state index in [2.05, 4.69) is 30.5 Å². The molecule has 0 amide bonds. The highest BCUT2D eigenvalue weighted by atomic mass is 32.2. The summed E-state index contributed by atoms with van der Waals surface area (Å²) in [5.74, 6) is -1.31. The molecular weight excluding hydrogens is 596 g/mol. The fourth-order valence-corrected chi connectivity index (χ4v) is 10.5. The molecule has 3 N–H and O–H groups in total. The number of pyridine rings is 1. The van der Waals surface area contributed by atoms with E-state index in [0.29, 0.717) is 19.3 Å². The molecule has 3 aliphatic rings. The second-order valence-corrected chi connectivity index (χ2v) is 15.5. The van der Waals surface area contributed by atoms with Crippen LogP contribution in [0, 0.1) is 35.0 Å². The highest BCUT2D eigenvalue weighted by Gasteiger charge is 2.73. The molecule has 248 valence electrons. The number of methoxy groups -OCH3 is 2. The van der Waals surface area contributed by atoms with Gasteiger partial charge in [0.25, 0.3) is 10.0 Å². The summed E-state index contributed by atoms with van der Waals surface area (Å²) in [5, 5.41) is 24.9. The number of benzene rings is 1. The zero-order chi connectivity index (χ0) is 32.9. The van der Waals surface area contributed by atoms with Crippen molar-refractivity contribution in [2.45, 2.75) is 94.8 Å². The van der Waals surface area contributed by atoms with E-state index in [0.717, 1.165) is 6.42 Å². The lowest BCUT2D eigenvalue weighted by Crippen LogP contribution is -2.71. The van der Waals surface area contributed by atoms with E-state index in [9.17, 15) is 23.4 Å². The summed E-state index contributed by atoms with van der Waals surface area (Å²) in [5.41, 5.74) is -3.12. The molecule has 10 atom stereocenters. The minimum Gasteiger partial charge on any atom is -0.459 e. The van der Waals surface area contributed by atoms with Crippen LogP contribution in [-0.2, 0) is 24.2 Å². The maximum atomic E-state index is 13.6. The molecule has 0 radical (unpaired) electrons. The van der Waals surface area contributed by atoms with Crippen LogP contribution in [0.2, 0.25) is 0 Å². The highest BCUT2D eigenvalue weighted by Crippen LogP contribution is 2.65. The number of nitrogens with zero attached hydrogens (tertiary/aromatic N) is 1. The van der Waals surface area contributed by atoms with E-state index in [1.54, 1.807) is 38.5 Å². The highest BCUT2D eigenvalue weighted by molar-refractivity contribution is 7.92. The van der Waals surface area contributed by atoms with Gasteiger partial charge < -0.3 is 24.4 Å². The van der Waals surface area contributed by atoms with Gasteiger partial charge in [-0.05, 0) is 67.2 Å². The number of aromatic nitrogens is 1. The van der Waals surface area contributed by atoms with E-state index in [4.69, 9.17) is 14.2 Å². The molecule has 1 heterocycles. The number of aliphatic hydroxyl groups is 2. The van der Waals surface area contributed by atoms with Crippen LogP contribution in [0.25, 0.3) is 0 Å². The third kappa shape index (κ3) is 5.38. The molecule has 45 heavy (non-hydrogen) atoms. The van der Waals surface area contributed by atoms with Gasteiger partial charge in [0.1, 0.15) is 17.3 Å². The Balaban J connectivity index is 1.41. The molecule has 2 aromatic rings. The zero-order valence-electron chi connectivity index (χ0n) is 27.3. The van der Waals surface area contributed by atoms with Gasteiger partial charge >= 0.3 is 5.97 Å². The van der Waals surface area contributed by atoms with Crippen molar-refractivity contribution in [1.82, 2.24) is 4.98 Å². The lowest BCUT2D eigenvalue weighted by atomic mass is 9.58. The summed E-state index contributed by atoms with van der Waals surface area (Å²) >= 11 is 0. The lowest BCUT2D eigenvalue weighted by molar-refractivity contribution is -0.279. The molecule has 11 heteroatoms. The van der Waals surface area contributed by atoms with Crippen molar-refractivity contribution in [2.24, 2.45) is 35.0 Å². The number of anilines is 1. The first kappa shape index (κ1) is 33.8. The van der Waals surface area contributed by atoms with Crippen molar-refractivity contribution in [3.63, 3.8) is 0 Å². The minimum atomic E-state index is -4.04. The topological polar surface area (TPSA) is 144 Å². The van der Waals surface area contributed by atoms with Gasteiger partial charge in [0.15, 0.2) is 5.03 Å². The number of nitrogens with one attached hydrogen (secondary N) is 1. The number of ether oxygens (including phenoxy) is 3. The Morgan fingerprint density at radius 3 is 2.40 bits per heavy atom. The van der Waals surface area contributed by atoms with Crippen molar-refractivity contribution in [1.29, 1.82) is 0 Å². The van der Waals surface area contributed by atoms with Gasteiger partial charge in [0.05, 0.1) is 23.5 Å². The smallest absolute Gasteiger partial charge is 0.340 e. The standard InChI is InChI=1S/C34H48N2O8S/c1-8-24-26(33(38)19-28(42-6)23-17-20(2)34(33,39)30(23)43-7)18-25(32(24,4)5)21(3)44-31(37)22-13-9-10-14-27(22)36-45(40,41)29-15-11-12-16-35-29/h9-16,20-21,23-26,28,30,36,38-39H,8,17-19H2,1-7H3/t20?,21-,23?,24+,25?,26?,28-,30-,33-,34-/m0/s1. The van der Waals surface area contributed by atoms with Gasteiger partial charge in [-0.1, -0.05) is 52.3 Å². The van der Waals surface area contributed by atoms with Crippen molar-refractivity contribution in [3.8, 4) is 0 Å². The van der Waals surface area contributed by atoms with Crippen molar-refractivity contribution < 1.29 is 37.6 Å². The second-order valence-electron chi connectivity index (χ2n) is 13.9. The van der Waals surface area contributed by atoms with Gasteiger partial charge in [0.2, 0.25) is 0 Å². The fourth-order valence-electron chi connectivity index (χ4n) is 9.46. The van der Waals surface area contributed by atoms with Crippen LogP contribution in [0.3, 0.4) is 0 Å². The Kier molecular flexibility index (Phi) is 9.18. The maximum absolute atomic E-state index is 13.6. The summed E-state index contributed by atoms with van der Waals surface area (Å²) in [6.45, 7) is 10.2. The monoisotopic (exact) mass is 644 g/mol. The lowest BCUT2D eigenvalue weighted by Gasteiger charge is -2.56. The number of hydrogen-bond acceptors (Lipinski definition) is 9. The van der Waals surface area contributed by atoms with Crippen LogP contribution >= 0.6 is 0 Å². The number of para-hydroxylation sites is 1. The number of rotatable bonds is 10. The Bertz CT molecular complexity index is 1490. The minimum absolute atomic E-state index is 0.00880. The van der Waals surface area contributed by atoms with Crippen LogP contribution in [0.1, 0.15) is 70.7 Å². The Morgan fingerprint density at radius 1 is 1.09 bits per heavy atom. The zero-order valence-corrected chi connectivity index (χ0v) is 28.1. The van der Waals surface area contributed by atoms with E-state index >= 15 is 0 Å². The van der Waals surface area contributed by atoms with E-state index in [1.165, 1.54) is 24.4 Å². The van der Waals surface area contributed by atoms with Crippen molar-refractivity contribution in [2.75, 3.05) is 18.9 Å². The maximum Gasteiger partial charge on any atom is 0.340 e. The number of carbonyl (C=O) groups is 1. The Hall–Kier alpha value is -2.57. The first-order valence-corrected chi connectivity index (χ1v) is 17.4. The van der Waals surface area contributed by atoms with Crippen LogP contribution in [0.5, 0.6) is 0 Å². The summed E-state index contributed by atoms with van der Waals surface area (Å²) in [6.07, 6.45) is 2.29. The number of hydrogen-bond donors (Lipinski definition) is 3. The summed E-state index contributed by atoms with van der Waals surface area (Å²) in [4.78, 5) is 17.6. The van der Waals surface area contributed by atoms with Crippen molar-refractivity contribution >= 4 is 21.7 Å². The SMILES string of the molecule is CC[C@@H]1C([C@@]2(O)C[C@H](OC)C3CC(C)[C@]2(O)[C@H]3OC)CC([C@H](C)OC(=O)c2ccccc2NS(=O)(=O)c2ccccn2)C1(C)C. The Labute approximate surface area is 266 Å². The first-order chi connectivity index (χ1) is 21.2. The van der Waals surface area contributed by atoms with Crippen LogP contribution in [0.15, 0.2) is 53.7 Å². The average molecular weight is 645 g/mol. The molecule has 3 aliphatic carbocycles. The molecule has 1 aromatic heterocycles. The normalized spacial score (nSPS) is 36.4. The number of carbonyl (C=O) groups excluding carboxylic acids is 1.